The highest BCUT2D eigenvalue weighted by atomic mass is 16.5. The molecule has 3 aromatic rings. The standard InChI is InChI=1S/C21H21N3O4/c25-18(14-5-2-1-3-6-14)12-22-20(26)13-28-15-8-9-17-16(11-15)21(27)24-10-4-7-19(24)23-17/h1-3,5-6,8-9,11,18,25H,4,7,10,12-13H2,(H,22,26)/t18-/m1/s1. The number of fused-ring (bicyclic) bond motifs is 2. The van der Waals surface area contributed by atoms with Crippen LogP contribution < -0.4 is 15.6 Å². The van der Waals surface area contributed by atoms with Crippen molar-refractivity contribution in [2.24, 2.45) is 0 Å². The fourth-order valence-corrected chi connectivity index (χ4v) is 3.36. The van der Waals surface area contributed by atoms with Crippen LogP contribution in [0.15, 0.2) is 53.3 Å². The van der Waals surface area contributed by atoms with Gasteiger partial charge in [-0.3, -0.25) is 14.2 Å². The van der Waals surface area contributed by atoms with Gasteiger partial charge in [0.05, 0.1) is 17.0 Å². The van der Waals surface area contributed by atoms with Crippen LogP contribution in [0.25, 0.3) is 10.9 Å². The maximum absolute atomic E-state index is 12.6. The number of nitrogens with zero attached hydrogens (tertiary/aromatic N) is 2. The molecule has 1 aliphatic heterocycles. The third-order valence-corrected chi connectivity index (χ3v) is 4.83. The lowest BCUT2D eigenvalue weighted by molar-refractivity contribution is -0.123. The molecule has 7 nitrogen and oxygen atoms in total. The van der Waals surface area contributed by atoms with Crippen LogP contribution in [0.2, 0.25) is 0 Å². The van der Waals surface area contributed by atoms with Crippen LogP contribution in [0.4, 0.5) is 0 Å². The lowest BCUT2D eigenvalue weighted by Crippen LogP contribution is -2.32. The smallest absolute Gasteiger partial charge is 0.261 e. The zero-order valence-electron chi connectivity index (χ0n) is 15.3. The lowest BCUT2D eigenvalue weighted by Gasteiger charge is -2.13. The fraction of sp³-hybridized carbons (Fsp3) is 0.286. The average Bonchev–Trinajstić information content (AvgIpc) is 3.20. The van der Waals surface area contributed by atoms with E-state index in [4.69, 9.17) is 4.74 Å². The largest absolute Gasteiger partial charge is 0.484 e. The Balaban J connectivity index is 1.37. The molecular weight excluding hydrogens is 358 g/mol. The molecule has 0 aliphatic carbocycles. The molecule has 1 aliphatic rings. The van der Waals surface area contributed by atoms with Crippen LogP contribution in [0.5, 0.6) is 5.75 Å². The predicted octanol–water partition coefficient (Wildman–Crippen LogP) is 1.57. The van der Waals surface area contributed by atoms with Crippen molar-refractivity contribution in [3.8, 4) is 5.75 Å². The van der Waals surface area contributed by atoms with Crippen molar-refractivity contribution in [1.29, 1.82) is 0 Å². The summed E-state index contributed by atoms with van der Waals surface area (Å²) in [5.74, 6) is 0.908. The van der Waals surface area contributed by atoms with Gasteiger partial charge in [0.25, 0.3) is 11.5 Å². The summed E-state index contributed by atoms with van der Waals surface area (Å²) in [7, 11) is 0. The van der Waals surface area contributed by atoms with Crippen molar-refractivity contribution in [1.82, 2.24) is 14.9 Å². The van der Waals surface area contributed by atoms with E-state index in [1.54, 1.807) is 34.9 Å². The highest BCUT2D eigenvalue weighted by molar-refractivity contribution is 5.80. The van der Waals surface area contributed by atoms with Gasteiger partial charge in [-0.2, -0.15) is 0 Å². The molecule has 7 heteroatoms. The number of aromatic nitrogens is 2. The van der Waals surface area contributed by atoms with Gasteiger partial charge in [-0.05, 0) is 30.2 Å². The van der Waals surface area contributed by atoms with Crippen LogP contribution in [0.3, 0.4) is 0 Å². The SMILES string of the molecule is O=C(COc1ccc2nc3n(c(=O)c2c1)CCC3)NC[C@@H](O)c1ccccc1. The minimum absolute atomic E-state index is 0.0709. The second-order valence-electron chi connectivity index (χ2n) is 6.79. The van der Waals surface area contributed by atoms with E-state index in [0.29, 0.717) is 23.2 Å². The third kappa shape index (κ3) is 3.75. The Morgan fingerprint density at radius 2 is 2.07 bits per heavy atom. The molecule has 0 bridgehead atoms. The van der Waals surface area contributed by atoms with E-state index in [2.05, 4.69) is 10.3 Å². The number of nitrogens with one attached hydrogen (secondary N) is 1. The van der Waals surface area contributed by atoms with Crippen molar-refractivity contribution < 1.29 is 14.6 Å². The maximum Gasteiger partial charge on any atom is 0.261 e. The average molecular weight is 379 g/mol. The van der Waals surface area contributed by atoms with Gasteiger partial charge in [0, 0.05) is 19.5 Å². The molecule has 28 heavy (non-hydrogen) atoms. The van der Waals surface area contributed by atoms with Gasteiger partial charge in [-0.1, -0.05) is 30.3 Å². The predicted molar refractivity (Wildman–Crippen MR) is 104 cm³/mol. The van der Waals surface area contributed by atoms with Crippen LogP contribution in [0.1, 0.15) is 23.9 Å². The minimum Gasteiger partial charge on any atom is -0.484 e. The molecule has 2 N–H and O–H groups in total. The molecule has 1 aromatic heterocycles. The second-order valence-corrected chi connectivity index (χ2v) is 6.79. The first-order valence-corrected chi connectivity index (χ1v) is 9.28. The molecule has 0 saturated heterocycles. The van der Waals surface area contributed by atoms with E-state index in [0.717, 1.165) is 24.2 Å². The Kier molecular flexibility index (Phi) is 5.08. The van der Waals surface area contributed by atoms with Gasteiger partial charge in [0.1, 0.15) is 11.6 Å². The molecule has 0 radical (unpaired) electrons. The molecule has 1 atom stereocenters. The van der Waals surface area contributed by atoms with E-state index < -0.39 is 6.10 Å². The van der Waals surface area contributed by atoms with Crippen LogP contribution in [-0.2, 0) is 17.8 Å². The number of hydrogen-bond acceptors (Lipinski definition) is 5. The third-order valence-electron chi connectivity index (χ3n) is 4.83. The quantitative estimate of drug-likeness (QED) is 0.678. The molecule has 144 valence electrons. The highest BCUT2D eigenvalue weighted by Gasteiger charge is 2.16. The molecule has 2 heterocycles. The summed E-state index contributed by atoms with van der Waals surface area (Å²) in [5, 5.41) is 13.2. The first kappa shape index (κ1) is 18.2. The van der Waals surface area contributed by atoms with Gasteiger partial charge in [-0.25, -0.2) is 4.98 Å². The van der Waals surface area contributed by atoms with Crippen molar-refractivity contribution in [3.05, 3.63) is 70.3 Å². The van der Waals surface area contributed by atoms with E-state index in [-0.39, 0.29) is 24.6 Å². The normalized spacial score (nSPS) is 13.9. The summed E-state index contributed by atoms with van der Waals surface area (Å²) >= 11 is 0. The van der Waals surface area contributed by atoms with Crippen LogP contribution in [0, 0.1) is 0 Å². The molecular formula is C21H21N3O4. The molecule has 0 unspecified atom stereocenters. The van der Waals surface area contributed by atoms with Gasteiger partial charge in [0.2, 0.25) is 0 Å². The Labute approximate surface area is 161 Å². The van der Waals surface area contributed by atoms with Crippen LogP contribution >= 0.6 is 0 Å². The Bertz CT molecular complexity index is 1060. The Hall–Kier alpha value is -3.19. The summed E-state index contributed by atoms with van der Waals surface area (Å²) in [5.41, 5.74) is 1.30. The summed E-state index contributed by atoms with van der Waals surface area (Å²) in [6.45, 7) is 0.586. The van der Waals surface area contributed by atoms with E-state index in [1.165, 1.54) is 0 Å². The first-order valence-electron chi connectivity index (χ1n) is 9.28. The second kappa shape index (κ2) is 7.82. The number of rotatable bonds is 6. The highest BCUT2D eigenvalue weighted by Crippen LogP contribution is 2.19. The number of aliphatic hydroxyl groups is 1. The van der Waals surface area contributed by atoms with E-state index >= 15 is 0 Å². The Morgan fingerprint density at radius 1 is 1.25 bits per heavy atom. The van der Waals surface area contributed by atoms with Crippen LogP contribution in [-0.4, -0.2) is 33.7 Å². The van der Waals surface area contributed by atoms with E-state index in [1.807, 2.05) is 18.2 Å². The molecule has 4 rings (SSSR count). The number of carbonyl (C=O) groups is 1. The number of carbonyl (C=O) groups excluding carboxylic acids is 1. The zero-order valence-corrected chi connectivity index (χ0v) is 15.3. The topological polar surface area (TPSA) is 93.5 Å². The molecule has 1 amide bonds. The minimum atomic E-state index is -0.779. The number of amides is 1. The summed E-state index contributed by atoms with van der Waals surface area (Å²) in [6, 6.07) is 14.2. The van der Waals surface area contributed by atoms with Gasteiger partial charge in [-0.15, -0.1) is 0 Å². The molecule has 0 fully saturated rings. The monoisotopic (exact) mass is 379 g/mol. The first-order chi connectivity index (χ1) is 13.6. The Morgan fingerprint density at radius 3 is 2.89 bits per heavy atom. The van der Waals surface area contributed by atoms with Gasteiger partial charge in [0.15, 0.2) is 6.61 Å². The summed E-state index contributed by atoms with van der Waals surface area (Å²) < 4.78 is 7.22. The van der Waals surface area contributed by atoms with Crippen molar-refractivity contribution >= 4 is 16.8 Å². The van der Waals surface area contributed by atoms with Gasteiger partial charge < -0.3 is 15.2 Å². The fourth-order valence-electron chi connectivity index (χ4n) is 3.36. The number of ether oxygens (including phenoxy) is 1. The van der Waals surface area contributed by atoms with E-state index in [9.17, 15) is 14.7 Å². The summed E-state index contributed by atoms with van der Waals surface area (Å²) in [6.07, 6.45) is 0.967. The zero-order chi connectivity index (χ0) is 19.5. The van der Waals surface area contributed by atoms with Crippen molar-refractivity contribution in [2.45, 2.75) is 25.5 Å². The maximum atomic E-state index is 12.6. The summed E-state index contributed by atoms with van der Waals surface area (Å²) in [4.78, 5) is 29.1. The number of aryl methyl sites for hydroxylation is 1. The van der Waals surface area contributed by atoms with Gasteiger partial charge >= 0.3 is 0 Å². The van der Waals surface area contributed by atoms with Crippen molar-refractivity contribution in [3.63, 3.8) is 0 Å². The van der Waals surface area contributed by atoms with Crippen molar-refractivity contribution in [2.75, 3.05) is 13.2 Å². The number of aliphatic hydroxyl groups excluding tert-OH is 1. The molecule has 2 aromatic carbocycles. The number of hydrogen-bond donors (Lipinski definition) is 2. The lowest BCUT2D eigenvalue weighted by atomic mass is 10.1. The molecule has 0 spiro atoms. The molecule has 0 saturated carbocycles. The number of benzene rings is 2.